The van der Waals surface area contributed by atoms with E-state index in [0.717, 1.165) is 57.6 Å². The molecule has 3 heterocycles. The van der Waals surface area contributed by atoms with Gasteiger partial charge in [0.2, 0.25) is 0 Å². The number of rotatable bonds is 7. The summed E-state index contributed by atoms with van der Waals surface area (Å²) in [5.41, 5.74) is 0. The van der Waals surface area contributed by atoms with E-state index in [-0.39, 0.29) is 19.1 Å². The Morgan fingerprint density at radius 2 is 1.80 bits per heavy atom. The minimum Gasteiger partial charge on any atom is -0.396 e. The Kier molecular flexibility index (Phi) is 6.41. The highest BCUT2D eigenvalue weighted by Crippen LogP contribution is 2.29. The standard InChI is InChI=1S/C17H29N5O3/c1-20(2-5-23)9-14-10-22(11-15(14)12-24)17-8-16(18-13-19-17)21-3-6-25-7-4-21/h8,13-15,23-24H,2-7,9-12H2,1H3/t14-,15-/m1/s1. The lowest BCUT2D eigenvalue weighted by atomic mass is 9.96. The number of nitrogens with zero attached hydrogens (tertiary/aromatic N) is 5. The minimum atomic E-state index is 0.158. The number of hydrogen-bond acceptors (Lipinski definition) is 8. The zero-order valence-corrected chi connectivity index (χ0v) is 14.9. The molecule has 1 aromatic heterocycles. The lowest BCUT2D eigenvalue weighted by Crippen LogP contribution is -2.37. The molecule has 8 nitrogen and oxygen atoms in total. The van der Waals surface area contributed by atoms with Crippen molar-refractivity contribution in [3.63, 3.8) is 0 Å². The van der Waals surface area contributed by atoms with Crippen LogP contribution in [-0.4, -0.2) is 97.8 Å². The normalized spacial score (nSPS) is 24.3. The summed E-state index contributed by atoms with van der Waals surface area (Å²) in [5.74, 6) is 2.45. The van der Waals surface area contributed by atoms with E-state index in [0.29, 0.717) is 12.5 Å². The van der Waals surface area contributed by atoms with E-state index >= 15 is 0 Å². The Morgan fingerprint density at radius 3 is 2.48 bits per heavy atom. The topological polar surface area (TPSA) is 85.2 Å². The van der Waals surface area contributed by atoms with Crippen LogP contribution in [0.2, 0.25) is 0 Å². The number of morpholine rings is 1. The van der Waals surface area contributed by atoms with Gasteiger partial charge in [0, 0.05) is 57.9 Å². The van der Waals surface area contributed by atoms with Crippen LogP contribution in [0.5, 0.6) is 0 Å². The van der Waals surface area contributed by atoms with Gasteiger partial charge in [0.1, 0.15) is 18.0 Å². The summed E-state index contributed by atoms with van der Waals surface area (Å²) in [5, 5.41) is 18.8. The third-order valence-electron chi connectivity index (χ3n) is 5.14. The highest BCUT2D eigenvalue weighted by molar-refractivity contribution is 5.51. The van der Waals surface area contributed by atoms with Crippen molar-refractivity contribution in [3.8, 4) is 0 Å². The van der Waals surface area contributed by atoms with Gasteiger partial charge in [0.25, 0.3) is 0 Å². The average Bonchev–Trinajstić information content (AvgIpc) is 3.05. The Balaban J connectivity index is 1.67. The molecule has 2 aliphatic rings. The second kappa shape index (κ2) is 8.75. The smallest absolute Gasteiger partial charge is 0.134 e. The van der Waals surface area contributed by atoms with Crippen molar-refractivity contribution in [2.45, 2.75) is 0 Å². The van der Waals surface area contributed by atoms with Crippen molar-refractivity contribution in [2.24, 2.45) is 11.8 Å². The lowest BCUT2D eigenvalue weighted by Gasteiger charge is -2.28. The Hall–Kier alpha value is -1.48. The fourth-order valence-electron chi connectivity index (χ4n) is 3.68. The van der Waals surface area contributed by atoms with E-state index in [1.165, 1.54) is 0 Å². The van der Waals surface area contributed by atoms with Gasteiger partial charge in [-0.05, 0) is 13.0 Å². The van der Waals surface area contributed by atoms with Crippen molar-refractivity contribution in [1.82, 2.24) is 14.9 Å². The summed E-state index contributed by atoms with van der Waals surface area (Å²) in [4.78, 5) is 15.5. The van der Waals surface area contributed by atoms with Gasteiger partial charge in [0.05, 0.1) is 19.8 Å². The molecule has 0 aliphatic carbocycles. The first-order valence-corrected chi connectivity index (χ1v) is 9.01. The van der Waals surface area contributed by atoms with Crippen LogP contribution in [0, 0.1) is 11.8 Å². The number of anilines is 2. The van der Waals surface area contributed by atoms with Gasteiger partial charge in [-0.1, -0.05) is 0 Å². The van der Waals surface area contributed by atoms with Crippen LogP contribution in [0.3, 0.4) is 0 Å². The molecule has 2 N–H and O–H groups in total. The summed E-state index contributed by atoms with van der Waals surface area (Å²) in [7, 11) is 2.01. The van der Waals surface area contributed by atoms with Crippen molar-refractivity contribution < 1.29 is 14.9 Å². The number of aliphatic hydroxyl groups excluding tert-OH is 2. The van der Waals surface area contributed by atoms with Crippen LogP contribution in [0.15, 0.2) is 12.4 Å². The summed E-state index contributed by atoms with van der Waals surface area (Å²) in [6.07, 6.45) is 1.62. The lowest BCUT2D eigenvalue weighted by molar-refractivity contribution is 0.122. The molecular formula is C17H29N5O3. The first kappa shape index (κ1) is 18.3. The predicted octanol–water partition coefficient (Wildman–Crippen LogP) is -0.718. The number of aromatic nitrogens is 2. The Bertz CT molecular complexity index is 541. The van der Waals surface area contributed by atoms with Crippen molar-refractivity contribution in [3.05, 3.63) is 12.4 Å². The molecule has 0 saturated carbocycles. The third kappa shape index (κ3) is 4.58. The summed E-state index contributed by atoms with van der Waals surface area (Å²) >= 11 is 0. The summed E-state index contributed by atoms with van der Waals surface area (Å²) < 4.78 is 5.40. The molecule has 3 rings (SSSR count). The molecule has 140 valence electrons. The fraction of sp³-hybridized carbons (Fsp3) is 0.765. The average molecular weight is 351 g/mol. The molecule has 0 amide bonds. The number of hydrogen-bond donors (Lipinski definition) is 2. The quantitative estimate of drug-likeness (QED) is 0.666. The van der Waals surface area contributed by atoms with E-state index in [1.54, 1.807) is 6.33 Å². The van der Waals surface area contributed by atoms with Crippen LogP contribution in [0.4, 0.5) is 11.6 Å². The van der Waals surface area contributed by atoms with E-state index < -0.39 is 0 Å². The van der Waals surface area contributed by atoms with Crippen LogP contribution < -0.4 is 9.80 Å². The van der Waals surface area contributed by atoms with Gasteiger partial charge in [-0.2, -0.15) is 0 Å². The molecular weight excluding hydrogens is 322 g/mol. The van der Waals surface area contributed by atoms with Gasteiger partial charge < -0.3 is 29.6 Å². The molecule has 0 radical (unpaired) electrons. The van der Waals surface area contributed by atoms with Gasteiger partial charge in [-0.3, -0.25) is 0 Å². The molecule has 0 bridgehead atoms. The van der Waals surface area contributed by atoms with Crippen LogP contribution in [0.25, 0.3) is 0 Å². The van der Waals surface area contributed by atoms with Crippen LogP contribution in [0.1, 0.15) is 0 Å². The first-order valence-electron chi connectivity index (χ1n) is 9.01. The number of ether oxygens (including phenoxy) is 1. The molecule has 1 aromatic rings. The van der Waals surface area contributed by atoms with Crippen molar-refractivity contribution in [2.75, 3.05) is 82.5 Å². The number of aliphatic hydroxyl groups is 2. The molecule has 8 heteroatoms. The highest BCUT2D eigenvalue weighted by atomic mass is 16.5. The monoisotopic (exact) mass is 351 g/mol. The van der Waals surface area contributed by atoms with Gasteiger partial charge in [0.15, 0.2) is 0 Å². The molecule has 2 aliphatic heterocycles. The molecule has 2 fully saturated rings. The zero-order valence-electron chi connectivity index (χ0n) is 14.9. The Labute approximate surface area is 149 Å². The zero-order chi connectivity index (χ0) is 17.6. The molecule has 0 unspecified atom stereocenters. The minimum absolute atomic E-state index is 0.158. The van der Waals surface area contributed by atoms with Crippen LogP contribution in [-0.2, 0) is 4.74 Å². The third-order valence-corrected chi connectivity index (χ3v) is 5.14. The largest absolute Gasteiger partial charge is 0.396 e. The van der Waals surface area contributed by atoms with Crippen molar-refractivity contribution in [1.29, 1.82) is 0 Å². The highest BCUT2D eigenvalue weighted by Gasteiger charge is 2.33. The summed E-state index contributed by atoms with van der Waals surface area (Å²) in [6.45, 7) is 6.68. The first-order chi connectivity index (χ1) is 12.2. The maximum Gasteiger partial charge on any atom is 0.134 e. The second-order valence-electron chi connectivity index (χ2n) is 6.93. The summed E-state index contributed by atoms with van der Waals surface area (Å²) in [6, 6.07) is 2.04. The van der Waals surface area contributed by atoms with E-state index in [1.807, 2.05) is 13.1 Å². The maximum atomic E-state index is 9.75. The molecule has 25 heavy (non-hydrogen) atoms. The predicted molar refractivity (Wildman–Crippen MR) is 95.9 cm³/mol. The molecule has 2 atom stereocenters. The SMILES string of the molecule is CN(CCO)C[C@@H]1CN(c2cc(N3CCOCC3)ncn2)C[C@@H]1CO. The van der Waals surface area contributed by atoms with Gasteiger partial charge >= 0.3 is 0 Å². The van der Waals surface area contributed by atoms with E-state index in [2.05, 4.69) is 24.7 Å². The fourth-order valence-corrected chi connectivity index (χ4v) is 3.68. The second-order valence-corrected chi connectivity index (χ2v) is 6.93. The molecule has 0 spiro atoms. The van der Waals surface area contributed by atoms with Gasteiger partial charge in [-0.15, -0.1) is 0 Å². The molecule has 2 saturated heterocycles. The Morgan fingerprint density at radius 1 is 1.12 bits per heavy atom. The van der Waals surface area contributed by atoms with E-state index in [9.17, 15) is 5.11 Å². The number of likely N-dealkylation sites (N-methyl/N-ethyl adjacent to an activating group) is 1. The molecule has 0 aromatic carbocycles. The van der Waals surface area contributed by atoms with E-state index in [4.69, 9.17) is 9.84 Å². The van der Waals surface area contributed by atoms with Crippen molar-refractivity contribution >= 4 is 11.6 Å². The van der Waals surface area contributed by atoms with Gasteiger partial charge in [-0.25, -0.2) is 9.97 Å². The van der Waals surface area contributed by atoms with Crippen LogP contribution >= 0.6 is 0 Å². The maximum absolute atomic E-state index is 9.75.